The minimum atomic E-state index is -2.98. The number of halogens is 2. The SMILES string of the molecule is CC(C)(C)OC(=O)N1CC(F)(F)CC1C[O]. The fourth-order valence-corrected chi connectivity index (χ4v) is 1.58. The molecule has 1 fully saturated rings. The minimum Gasteiger partial charge on any atom is -0.444 e. The van der Waals surface area contributed by atoms with Crippen LogP contribution in [0.25, 0.3) is 0 Å². The highest BCUT2D eigenvalue weighted by molar-refractivity contribution is 5.69. The van der Waals surface area contributed by atoms with E-state index in [1.807, 2.05) is 0 Å². The van der Waals surface area contributed by atoms with Gasteiger partial charge in [-0.05, 0) is 20.8 Å². The number of alkyl halides is 2. The van der Waals surface area contributed by atoms with E-state index in [-0.39, 0.29) is 0 Å². The molecular formula is C10H16F2NO3. The molecule has 0 aromatic heterocycles. The predicted octanol–water partition coefficient (Wildman–Crippen LogP) is 2.06. The maximum atomic E-state index is 13.0. The molecule has 1 aliphatic rings. The zero-order chi connectivity index (χ0) is 12.6. The first-order valence-electron chi connectivity index (χ1n) is 5.10. The Balaban J connectivity index is 2.69. The number of rotatable bonds is 1. The van der Waals surface area contributed by atoms with Crippen LogP contribution in [0.15, 0.2) is 0 Å². The van der Waals surface area contributed by atoms with Crippen LogP contribution in [0.2, 0.25) is 0 Å². The van der Waals surface area contributed by atoms with E-state index >= 15 is 0 Å². The van der Waals surface area contributed by atoms with Gasteiger partial charge in [-0.25, -0.2) is 18.7 Å². The van der Waals surface area contributed by atoms with Gasteiger partial charge in [-0.1, -0.05) is 0 Å². The van der Waals surface area contributed by atoms with Gasteiger partial charge < -0.3 is 4.74 Å². The molecule has 4 nitrogen and oxygen atoms in total. The summed E-state index contributed by atoms with van der Waals surface area (Å²) in [6.07, 6.45) is -1.42. The second-order valence-corrected chi connectivity index (χ2v) is 4.99. The van der Waals surface area contributed by atoms with Crippen LogP contribution in [0.1, 0.15) is 27.2 Å². The van der Waals surface area contributed by atoms with Crippen LogP contribution in [0.3, 0.4) is 0 Å². The first-order chi connectivity index (χ1) is 7.14. The Morgan fingerprint density at radius 2 is 2.06 bits per heavy atom. The number of nitrogens with zero attached hydrogens (tertiary/aromatic N) is 1. The van der Waals surface area contributed by atoms with Crippen molar-refractivity contribution >= 4 is 6.09 Å². The lowest BCUT2D eigenvalue weighted by Gasteiger charge is -2.26. The van der Waals surface area contributed by atoms with Gasteiger partial charge in [0.2, 0.25) is 0 Å². The van der Waals surface area contributed by atoms with E-state index in [0.717, 1.165) is 4.90 Å². The highest BCUT2D eigenvalue weighted by Gasteiger charge is 2.48. The van der Waals surface area contributed by atoms with Gasteiger partial charge in [-0.15, -0.1) is 0 Å². The summed E-state index contributed by atoms with van der Waals surface area (Å²) in [6.45, 7) is 3.48. The van der Waals surface area contributed by atoms with Crippen molar-refractivity contribution in [1.82, 2.24) is 4.90 Å². The zero-order valence-electron chi connectivity index (χ0n) is 9.63. The number of hydrogen-bond acceptors (Lipinski definition) is 2. The molecule has 0 bridgehead atoms. The maximum absolute atomic E-state index is 13.0. The lowest BCUT2D eigenvalue weighted by molar-refractivity contribution is -0.00331. The second kappa shape index (κ2) is 4.16. The van der Waals surface area contributed by atoms with E-state index in [0.29, 0.717) is 0 Å². The van der Waals surface area contributed by atoms with Crippen molar-refractivity contribution in [2.45, 2.75) is 44.8 Å². The molecule has 0 aliphatic carbocycles. The number of amides is 1. The lowest BCUT2D eigenvalue weighted by atomic mass is 10.2. The van der Waals surface area contributed by atoms with Crippen LogP contribution < -0.4 is 0 Å². The molecular weight excluding hydrogens is 220 g/mol. The molecule has 6 heteroatoms. The Morgan fingerprint density at radius 3 is 2.50 bits per heavy atom. The molecule has 0 saturated carbocycles. The van der Waals surface area contributed by atoms with Crippen LogP contribution in [0, 0.1) is 0 Å². The smallest absolute Gasteiger partial charge is 0.410 e. The van der Waals surface area contributed by atoms with E-state index in [2.05, 4.69) is 0 Å². The second-order valence-electron chi connectivity index (χ2n) is 4.99. The van der Waals surface area contributed by atoms with Gasteiger partial charge in [0.1, 0.15) is 12.2 Å². The maximum Gasteiger partial charge on any atom is 0.410 e. The molecule has 0 aromatic rings. The Labute approximate surface area is 93.2 Å². The number of hydrogen-bond donors (Lipinski definition) is 0. The van der Waals surface area contributed by atoms with Crippen molar-refractivity contribution in [2.75, 3.05) is 13.2 Å². The van der Waals surface area contributed by atoms with Crippen molar-refractivity contribution in [3.8, 4) is 0 Å². The molecule has 16 heavy (non-hydrogen) atoms. The van der Waals surface area contributed by atoms with Crippen molar-refractivity contribution in [3.63, 3.8) is 0 Å². The average molecular weight is 236 g/mol. The molecule has 1 atom stereocenters. The van der Waals surface area contributed by atoms with Crippen molar-refractivity contribution in [1.29, 1.82) is 0 Å². The van der Waals surface area contributed by atoms with Gasteiger partial charge in [0.25, 0.3) is 5.92 Å². The van der Waals surface area contributed by atoms with Crippen LogP contribution in [0.4, 0.5) is 13.6 Å². The van der Waals surface area contributed by atoms with Gasteiger partial charge in [0, 0.05) is 6.42 Å². The monoisotopic (exact) mass is 236 g/mol. The van der Waals surface area contributed by atoms with Gasteiger partial charge in [0.15, 0.2) is 0 Å². The fourth-order valence-electron chi connectivity index (χ4n) is 1.58. The van der Waals surface area contributed by atoms with Gasteiger partial charge in [-0.3, -0.25) is 4.90 Å². The van der Waals surface area contributed by atoms with Crippen molar-refractivity contribution in [2.24, 2.45) is 0 Å². The summed E-state index contributed by atoms with van der Waals surface area (Å²) >= 11 is 0. The van der Waals surface area contributed by atoms with Gasteiger partial charge in [-0.2, -0.15) is 0 Å². The summed E-state index contributed by atoms with van der Waals surface area (Å²) in [5, 5.41) is 10.7. The summed E-state index contributed by atoms with van der Waals surface area (Å²) in [5.74, 6) is -2.98. The molecule has 1 radical (unpaired) electrons. The molecule has 0 spiro atoms. The average Bonchev–Trinajstić information content (AvgIpc) is 2.38. The molecule has 0 aromatic carbocycles. The zero-order valence-corrected chi connectivity index (χ0v) is 9.63. The molecule has 93 valence electrons. The third kappa shape index (κ3) is 3.30. The first kappa shape index (κ1) is 13.2. The highest BCUT2D eigenvalue weighted by Crippen LogP contribution is 2.32. The molecule has 1 heterocycles. The number of carbonyl (C=O) groups is 1. The summed E-state index contributed by atoms with van der Waals surface area (Å²) in [5.41, 5.74) is -0.748. The van der Waals surface area contributed by atoms with E-state index in [4.69, 9.17) is 4.74 Å². The van der Waals surface area contributed by atoms with Crippen LogP contribution in [0.5, 0.6) is 0 Å². The largest absolute Gasteiger partial charge is 0.444 e. The van der Waals surface area contributed by atoms with E-state index < -0.39 is 43.2 Å². The first-order valence-corrected chi connectivity index (χ1v) is 5.10. The molecule has 1 rings (SSSR count). The van der Waals surface area contributed by atoms with E-state index in [1.165, 1.54) is 0 Å². The molecule has 1 aliphatic heterocycles. The number of likely N-dealkylation sites (tertiary alicyclic amines) is 1. The van der Waals surface area contributed by atoms with Crippen molar-refractivity contribution in [3.05, 3.63) is 0 Å². The van der Waals surface area contributed by atoms with Crippen LogP contribution in [-0.2, 0) is 9.84 Å². The van der Waals surface area contributed by atoms with Gasteiger partial charge >= 0.3 is 6.09 Å². The number of ether oxygens (including phenoxy) is 1. The molecule has 1 unspecified atom stereocenters. The fraction of sp³-hybridized carbons (Fsp3) is 0.900. The third-order valence-electron chi connectivity index (χ3n) is 2.20. The quantitative estimate of drug-likeness (QED) is 0.699. The van der Waals surface area contributed by atoms with E-state index in [1.54, 1.807) is 20.8 Å². The minimum absolute atomic E-state index is 0.574. The molecule has 0 N–H and O–H groups in total. The highest BCUT2D eigenvalue weighted by atomic mass is 19.3. The lowest BCUT2D eigenvalue weighted by Crippen LogP contribution is -2.41. The standard InChI is InChI=1S/C10H16F2NO3/c1-9(2,3)16-8(15)13-6-10(11,12)4-7(13)5-14/h7H,4-6H2,1-3H3. The summed E-state index contributed by atoms with van der Waals surface area (Å²) in [7, 11) is 0. The molecule has 1 saturated heterocycles. The van der Waals surface area contributed by atoms with Gasteiger partial charge in [0.05, 0.1) is 12.6 Å². The Bertz CT molecular complexity index is 276. The molecule has 1 amide bonds. The topological polar surface area (TPSA) is 49.4 Å². The van der Waals surface area contributed by atoms with Crippen LogP contribution in [-0.4, -0.2) is 41.7 Å². The Kier molecular flexibility index (Phi) is 3.42. The predicted molar refractivity (Wildman–Crippen MR) is 51.8 cm³/mol. The Hall–Kier alpha value is -0.910. The van der Waals surface area contributed by atoms with E-state index in [9.17, 15) is 18.7 Å². The number of carbonyl (C=O) groups excluding carboxylic acids is 1. The van der Waals surface area contributed by atoms with Crippen LogP contribution >= 0.6 is 0 Å². The normalized spacial score (nSPS) is 24.6. The van der Waals surface area contributed by atoms with Crippen molar-refractivity contribution < 1.29 is 23.4 Å². The summed E-state index contributed by atoms with van der Waals surface area (Å²) in [6, 6.07) is -0.968. The third-order valence-corrected chi connectivity index (χ3v) is 2.20. The summed E-state index contributed by atoms with van der Waals surface area (Å²) in [4.78, 5) is 12.4. The Morgan fingerprint density at radius 1 is 1.50 bits per heavy atom. The summed E-state index contributed by atoms with van der Waals surface area (Å²) < 4.78 is 31.0.